The SMILES string of the molecule is CCC(C)CCCCCCCCCCCCCCCCCCCCC(=O)O[C@H](COC(=O)CCCCCCCCCCCCCCC(C)C)COP(=O)(O)OCC(O)COP(=O)(O)OC[C@@H](COC(=O)CCCCCCCCCC(C)C)OC(=O)CCCCCCCCCC(C)C. The summed E-state index contributed by atoms with van der Waals surface area (Å²) in [5.74, 6) is 0.931. The van der Waals surface area contributed by atoms with Crippen LogP contribution < -0.4 is 0 Å². The molecule has 0 heterocycles. The Labute approximate surface area is 594 Å². The van der Waals surface area contributed by atoms with Gasteiger partial charge in [-0.2, -0.15) is 0 Å². The molecule has 0 saturated heterocycles. The van der Waals surface area contributed by atoms with Gasteiger partial charge in [0, 0.05) is 25.7 Å². The molecule has 0 fully saturated rings. The van der Waals surface area contributed by atoms with E-state index in [9.17, 15) is 43.2 Å². The Kier molecular flexibility index (Phi) is 65.9. The Morgan fingerprint density at radius 2 is 0.495 bits per heavy atom. The third kappa shape index (κ3) is 70.9. The van der Waals surface area contributed by atoms with Crippen LogP contribution in [0.25, 0.3) is 0 Å². The van der Waals surface area contributed by atoms with Crippen LogP contribution in [0.2, 0.25) is 0 Å². The van der Waals surface area contributed by atoms with Crippen LogP contribution in [0.1, 0.15) is 396 Å². The van der Waals surface area contributed by atoms with Crippen LogP contribution in [0.5, 0.6) is 0 Å². The fraction of sp³-hybridized carbons (Fsp3) is 0.949. The first-order valence-corrected chi connectivity index (χ1v) is 43.2. The predicted octanol–water partition coefficient (Wildman–Crippen LogP) is 22.8. The molecule has 0 aromatic rings. The van der Waals surface area contributed by atoms with Gasteiger partial charge in [-0.15, -0.1) is 0 Å². The molecule has 97 heavy (non-hydrogen) atoms. The van der Waals surface area contributed by atoms with Gasteiger partial charge in [0.1, 0.15) is 19.3 Å². The highest BCUT2D eigenvalue weighted by atomic mass is 31.2. The lowest BCUT2D eigenvalue weighted by atomic mass is 9.99. The van der Waals surface area contributed by atoms with E-state index < -0.39 is 97.5 Å². The van der Waals surface area contributed by atoms with E-state index in [1.165, 1.54) is 193 Å². The molecule has 0 aliphatic carbocycles. The Bertz CT molecular complexity index is 1900. The summed E-state index contributed by atoms with van der Waals surface area (Å²) in [5.41, 5.74) is 0. The number of phosphoric acid groups is 2. The smallest absolute Gasteiger partial charge is 0.462 e. The van der Waals surface area contributed by atoms with Gasteiger partial charge in [-0.05, 0) is 49.4 Å². The number of ether oxygens (including phenoxy) is 4. The highest BCUT2D eigenvalue weighted by Gasteiger charge is 2.30. The topological polar surface area (TPSA) is 237 Å². The minimum atomic E-state index is -4.96. The highest BCUT2D eigenvalue weighted by Crippen LogP contribution is 2.45. The van der Waals surface area contributed by atoms with E-state index >= 15 is 0 Å². The average Bonchev–Trinajstić information content (AvgIpc) is 1.14. The lowest BCUT2D eigenvalue weighted by molar-refractivity contribution is -0.161. The zero-order valence-corrected chi connectivity index (χ0v) is 65.5. The van der Waals surface area contributed by atoms with Crippen molar-refractivity contribution in [3.05, 3.63) is 0 Å². The fourth-order valence-corrected chi connectivity index (χ4v) is 13.5. The molecule has 0 rings (SSSR count). The molecule has 0 amide bonds. The van der Waals surface area contributed by atoms with Crippen molar-refractivity contribution < 1.29 is 80.2 Å². The van der Waals surface area contributed by atoms with Crippen molar-refractivity contribution in [2.45, 2.75) is 414 Å². The van der Waals surface area contributed by atoms with Crippen molar-refractivity contribution in [3.63, 3.8) is 0 Å². The fourth-order valence-electron chi connectivity index (χ4n) is 11.9. The van der Waals surface area contributed by atoms with Crippen LogP contribution in [-0.2, 0) is 65.4 Å². The molecule has 0 saturated carbocycles. The molecule has 0 spiro atoms. The number of hydrogen-bond acceptors (Lipinski definition) is 15. The summed E-state index contributed by atoms with van der Waals surface area (Å²) in [7, 11) is -9.91. The number of esters is 4. The van der Waals surface area contributed by atoms with E-state index in [4.69, 9.17) is 37.0 Å². The van der Waals surface area contributed by atoms with E-state index in [-0.39, 0.29) is 25.7 Å². The largest absolute Gasteiger partial charge is 0.472 e. The van der Waals surface area contributed by atoms with Crippen molar-refractivity contribution in [3.8, 4) is 0 Å². The van der Waals surface area contributed by atoms with Gasteiger partial charge in [0.15, 0.2) is 12.2 Å². The van der Waals surface area contributed by atoms with Gasteiger partial charge < -0.3 is 33.8 Å². The molecule has 576 valence electrons. The van der Waals surface area contributed by atoms with Gasteiger partial charge in [0.25, 0.3) is 0 Å². The van der Waals surface area contributed by atoms with Crippen LogP contribution >= 0.6 is 15.6 Å². The summed E-state index contributed by atoms with van der Waals surface area (Å²) in [5, 5.41) is 10.6. The molecule has 0 aliphatic rings. The number of carbonyl (C=O) groups excluding carboxylic acids is 4. The molecule has 6 atom stereocenters. The maximum absolute atomic E-state index is 13.1. The molecule has 3 N–H and O–H groups in total. The lowest BCUT2D eigenvalue weighted by Gasteiger charge is -2.21. The number of aliphatic hydroxyl groups is 1. The number of phosphoric ester groups is 2. The van der Waals surface area contributed by atoms with Gasteiger partial charge >= 0.3 is 39.5 Å². The third-order valence-electron chi connectivity index (χ3n) is 18.4. The molecule has 0 bridgehead atoms. The summed E-state index contributed by atoms with van der Waals surface area (Å²) in [6.07, 6.45) is 53.0. The molecule has 4 unspecified atom stereocenters. The molecule has 0 aliphatic heterocycles. The van der Waals surface area contributed by atoms with Crippen molar-refractivity contribution >= 4 is 39.5 Å². The first-order chi connectivity index (χ1) is 46.6. The van der Waals surface area contributed by atoms with Crippen molar-refractivity contribution in [2.24, 2.45) is 23.7 Å². The third-order valence-corrected chi connectivity index (χ3v) is 20.3. The molecule has 0 radical (unpaired) electrons. The number of rotatable bonds is 75. The summed E-state index contributed by atoms with van der Waals surface area (Å²) in [4.78, 5) is 72.8. The maximum Gasteiger partial charge on any atom is 0.472 e. The van der Waals surface area contributed by atoms with Crippen LogP contribution in [0.4, 0.5) is 0 Å². The van der Waals surface area contributed by atoms with E-state index in [2.05, 4.69) is 55.4 Å². The summed E-state index contributed by atoms with van der Waals surface area (Å²) in [6.45, 7) is 14.2. The summed E-state index contributed by atoms with van der Waals surface area (Å²) in [6, 6.07) is 0. The zero-order valence-electron chi connectivity index (χ0n) is 63.7. The number of aliphatic hydroxyl groups excluding tert-OH is 1. The number of carbonyl (C=O) groups is 4. The molecule has 19 heteroatoms. The van der Waals surface area contributed by atoms with E-state index in [0.29, 0.717) is 37.5 Å². The normalized spacial score (nSPS) is 14.4. The van der Waals surface area contributed by atoms with Crippen molar-refractivity contribution in [1.82, 2.24) is 0 Å². The van der Waals surface area contributed by atoms with Gasteiger partial charge in [-0.25, -0.2) is 9.13 Å². The summed E-state index contributed by atoms with van der Waals surface area (Å²) < 4.78 is 68.5. The molecule has 0 aromatic carbocycles. The van der Waals surface area contributed by atoms with Crippen LogP contribution in [-0.4, -0.2) is 96.7 Å². The average molecular weight is 1420 g/mol. The predicted molar refractivity (Wildman–Crippen MR) is 395 cm³/mol. The Hall–Kier alpha value is -1.94. The van der Waals surface area contributed by atoms with Crippen molar-refractivity contribution in [1.29, 1.82) is 0 Å². The van der Waals surface area contributed by atoms with Crippen LogP contribution in [0.15, 0.2) is 0 Å². The van der Waals surface area contributed by atoms with Gasteiger partial charge in [-0.3, -0.25) is 37.3 Å². The standard InChI is InChI=1S/C78H152O17P2/c1-9-71(8)57-49-41-33-25-21-16-14-12-10-11-13-15-17-23-27-35-44-52-60-77(82)94-73(64-88-75(80)58-50-42-34-26-22-19-18-20-24-30-38-46-54-68(2)3)66-92-96(84,85)90-62-72(79)63-91-97(86,87)93-67-74(95-78(83)61-53-45-37-29-32-40-48-56-70(6)7)65-89-76(81)59-51-43-36-28-31-39-47-55-69(4)5/h68-74,79H,9-67H2,1-8H3,(H,84,85)(H,86,87)/t71?,72?,73-,74-/m1/s1. The van der Waals surface area contributed by atoms with Gasteiger partial charge in [0.2, 0.25) is 0 Å². The lowest BCUT2D eigenvalue weighted by Crippen LogP contribution is -2.30. The van der Waals surface area contributed by atoms with Gasteiger partial charge in [-0.1, -0.05) is 344 Å². The first-order valence-electron chi connectivity index (χ1n) is 40.2. The zero-order chi connectivity index (χ0) is 71.7. The Morgan fingerprint density at radius 1 is 0.289 bits per heavy atom. The molecular formula is C78H152O17P2. The minimum absolute atomic E-state index is 0.102. The Morgan fingerprint density at radius 3 is 0.732 bits per heavy atom. The molecule has 17 nitrogen and oxygen atoms in total. The molecular weight excluding hydrogens is 1270 g/mol. The second kappa shape index (κ2) is 67.2. The maximum atomic E-state index is 13.1. The molecule has 0 aromatic heterocycles. The van der Waals surface area contributed by atoms with E-state index in [1.807, 2.05) is 0 Å². The van der Waals surface area contributed by atoms with Crippen molar-refractivity contribution in [2.75, 3.05) is 39.6 Å². The second-order valence-electron chi connectivity index (χ2n) is 29.8. The Balaban J connectivity index is 5.19. The van der Waals surface area contributed by atoms with Crippen LogP contribution in [0, 0.1) is 23.7 Å². The van der Waals surface area contributed by atoms with E-state index in [0.717, 1.165) is 108 Å². The van der Waals surface area contributed by atoms with E-state index in [1.54, 1.807) is 0 Å². The van der Waals surface area contributed by atoms with Gasteiger partial charge in [0.05, 0.1) is 26.4 Å². The van der Waals surface area contributed by atoms with Crippen LogP contribution in [0.3, 0.4) is 0 Å². The second-order valence-corrected chi connectivity index (χ2v) is 32.7. The highest BCUT2D eigenvalue weighted by molar-refractivity contribution is 7.47. The number of hydrogen-bond donors (Lipinski definition) is 3. The minimum Gasteiger partial charge on any atom is -0.462 e. The quantitative estimate of drug-likeness (QED) is 0.0222. The monoisotopic (exact) mass is 1420 g/mol. The first kappa shape index (κ1) is 95.1. The number of unbranched alkanes of at least 4 members (excludes halogenated alkanes) is 40. The summed E-state index contributed by atoms with van der Waals surface area (Å²) >= 11 is 0.